The van der Waals surface area contributed by atoms with E-state index in [0.717, 1.165) is 9.80 Å². The normalized spacial score (nSPS) is 21.2. The fourth-order valence-electron chi connectivity index (χ4n) is 2.45. The molecule has 0 aromatic carbocycles. The Morgan fingerprint density at radius 3 is 2.44 bits per heavy atom. The van der Waals surface area contributed by atoms with E-state index in [9.17, 15) is 18.8 Å². The fraction of sp³-hybridized carbons (Fsp3) is 0.750. The molecule has 1 saturated heterocycles. The van der Waals surface area contributed by atoms with Gasteiger partial charge in [-0.3, -0.25) is 14.5 Å². The predicted molar refractivity (Wildman–Crippen MR) is 84.8 cm³/mol. The van der Waals surface area contributed by atoms with Crippen LogP contribution in [0.15, 0.2) is 0 Å². The number of nitrogens with zero attached hydrogens (tertiary/aromatic N) is 3. The molecule has 3 atom stereocenters. The molecule has 0 aromatic rings. The van der Waals surface area contributed by atoms with E-state index in [0.29, 0.717) is 0 Å². The van der Waals surface area contributed by atoms with Crippen molar-refractivity contribution in [1.29, 1.82) is 5.26 Å². The van der Waals surface area contributed by atoms with E-state index >= 15 is 0 Å². The molecule has 25 heavy (non-hydrogen) atoms. The van der Waals surface area contributed by atoms with Gasteiger partial charge in [-0.1, -0.05) is 0 Å². The lowest BCUT2D eigenvalue weighted by Crippen LogP contribution is -2.52. The summed E-state index contributed by atoms with van der Waals surface area (Å²) in [6.07, 6.45) is -3.25. The number of hydrogen-bond donors (Lipinski definition) is 0. The van der Waals surface area contributed by atoms with Crippen LogP contribution < -0.4 is 0 Å². The maximum Gasteiger partial charge on any atom is 0.413 e. The summed E-state index contributed by atoms with van der Waals surface area (Å²) in [7, 11) is 0. The average Bonchev–Trinajstić information content (AvgIpc) is 2.83. The SMILES string of the molecule is CC(=O)O[C@H](C)OC(=O)N(CC(=O)N1C[C@@H](F)C[C@H]1C#N)C(C)(C)C. The van der Waals surface area contributed by atoms with Crippen LogP contribution in [0.25, 0.3) is 0 Å². The predicted octanol–water partition coefficient (Wildman–Crippen LogP) is 1.60. The summed E-state index contributed by atoms with van der Waals surface area (Å²) >= 11 is 0. The van der Waals surface area contributed by atoms with Crippen molar-refractivity contribution in [3.63, 3.8) is 0 Å². The second-order valence-corrected chi connectivity index (χ2v) is 6.84. The molecular formula is C16H24FN3O5. The van der Waals surface area contributed by atoms with Crippen molar-refractivity contribution in [3.8, 4) is 6.07 Å². The van der Waals surface area contributed by atoms with Crippen molar-refractivity contribution in [2.75, 3.05) is 13.1 Å². The second kappa shape index (κ2) is 8.14. The van der Waals surface area contributed by atoms with Crippen LogP contribution in [-0.2, 0) is 19.1 Å². The van der Waals surface area contributed by atoms with Crippen molar-refractivity contribution in [3.05, 3.63) is 0 Å². The average molecular weight is 357 g/mol. The zero-order chi connectivity index (χ0) is 19.4. The first-order chi connectivity index (χ1) is 11.5. The van der Waals surface area contributed by atoms with Gasteiger partial charge in [0.1, 0.15) is 18.8 Å². The minimum atomic E-state index is -1.26. The van der Waals surface area contributed by atoms with E-state index in [4.69, 9.17) is 14.7 Å². The van der Waals surface area contributed by atoms with Gasteiger partial charge < -0.3 is 14.4 Å². The highest BCUT2D eigenvalue weighted by Crippen LogP contribution is 2.22. The van der Waals surface area contributed by atoms with Crippen LogP contribution in [-0.4, -0.2) is 64.9 Å². The lowest BCUT2D eigenvalue weighted by atomic mass is 10.1. The monoisotopic (exact) mass is 357 g/mol. The van der Waals surface area contributed by atoms with Crippen molar-refractivity contribution in [2.45, 2.75) is 65.1 Å². The molecule has 0 N–H and O–H groups in total. The Labute approximate surface area is 146 Å². The Hall–Kier alpha value is -2.37. The van der Waals surface area contributed by atoms with E-state index in [2.05, 4.69) is 0 Å². The number of nitriles is 1. The molecule has 9 heteroatoms. The number of hydrogen-bond acceptors (Lipinski definition) is 6. The zero-order valence-corrected chi connectivity index (χ0v) is 15.1. The molecule has 1 fully saturated rings. The van der Waals surface area contributed by atoms with Gasteiger partial charge in [0, 0.05) is 25.8 Å². The standard InChI is InChI=1S/C16H24FN3O5/c1-10(21)24-11(2)25-15(23)20(16(3,4)5)9-14(22)19-8-12(17)6-13(19)7-18/h11-13H,6,8-9H2,1-5H3/t11-,12-,13-/m0/s1. The lowest BCUT2D eigenvalue weighted by Gasteiger charge is -2.36. The summed E-state index contributed by atoms with van der Waals surface area (Å²) in [5.41, 5.74) is -0.778. The van der Waals surface area contributed by atoms with Gasteiger partial charge in [-0.25, -0.2) is 9.18 Å². The Morgan fingerprint density at radius 2 is 1.96 bits per heavy atom. The Morgan fingerprint density at radius 1 is 1.36 bits per heavy atom. The number of esters is 1. The maximum absolute atomic E-state index is 13.5. The first-order valence-electron chi connectivity index (χ1n) is 7.94. The molecular weight excluding hydrogens is 333 g/mol. The van der Waals surface area contributed by atoms with Crippen LogP contribution >= 0.6 is 0 Å². The van der Waals surface area contributed by atoms with Crippen LogP contribution in [0.2, 0.25) is 0 Å². The summed E-state index contributed by atoms with van der Waals surface area (Å²) in [6, 6.07) is 1.05. The van der Waals surface area contributed by atoms with E-state index in [-0.39, 0.29) is 19.5 Å². The molecule has 0 spiro atoms. The van der Waals surface area contributed by atoms with Crippen LogP contribution in [0.1, 0.15) is 41.0 Å². The summed E-state index contributed by atoms with van der Waals surface area (Å²) in [6.45, 7) is 7.10. The molecule has 2 amide bonds. The van der Waals surface area contributed by atoms with Crippen molar-refractivity contribution >= 4 is 18.0 Å². The summed E-state index contributed by atoms with van der Waals surface area (Å²) in [4.78, 5) is 38.0. The molecule has 140 valence electrons. The van der Waals surface area contributed by atoms with Gasteiger partial charge in [-0.05, 0) is 20.8 Å². The minimum absolute atomic E-state index is 0.0360. The number of rotatable bonds is 4. The van der Waals surface area contributed by atoms with Gasteiger partial charge >= 0.3 is 12.1 Å². The van der Waals surface area contributed by atoms with E-state index in [1.54, 1.807) is 20.8 Å². The zero-order valence-electron chi connectivity index (χ0n) is 15.1. The van der Waals surface area contributed by atoms with Gasteiger partial charge in [0.05, 0.1) is 12.6 Å². The fourth-order valence-corrected chi connectivity index (χ4v) is 2.45. The van der Waals surface area contributed by atoms with Crippen LogP contribution in [0, 0.1) is 11.3 Å². The van der Waals surface area contributed by atoms with Crippen molar-refractivity contribution < 1.29 is 28.2 Å². The number of ether oxygens (including phenoxy) is 2. The van der Waals surface area contributed by atoms with Gasteiger partial charge in [0.2, 0.25) is 12.2 Å². The van der Waals surface area contributed by atoms with Crippen molar-refractivity contribution in [2.24, 2.45) is 0 Å². The quantitative estimate of drug-likeness (QED) is 0.560. The molecule has 0 radical (unpaired) electrons. The summed E-state index contributed by atoms with van der Waals surface area (Å²) < 4.78 is 23.3. The van der Waals surface area contributed by atoms with E-state index in [1.165, 1.54) is 13.8 Å². The highest BCUT2D eigenvalue weighted by atomic mass is 19.1. The highest BCUT2D eigenvalue weighted by molar-refractivity contribution is 5.83. The molecule has 1 rings (SSSR count). The molecule has 8 nitrogen and oxygen atoms in total. The number of carbonyl (C=O) groups excluding carboxylic acids is 3. The third kappa shape index (κ3) is 5.89. The molecule has 1 aliphatic rings. The highest BCUT2D eigenvalue weighted by Gasteiger charge is 2.38. The summed E-state index contributed by atoms with van der Waals surface area (Å²) in [5.74, 6) is -1.15. The van der Waals surface area contributed by atoms with Crippen LogP contribution in [0.4, 0.5) is 9.18 Å². The lowest BCUT2D eigenvalue weighted by molar-refractivity contribution is -0.164. The van der Waals surface area contributed by atoms with Gasteiger partial charge in [0.25, 0.3) is 0 Å². The Kier molecular flexibility index (Phi) is 6.73. The number of likely N-dealkylation sites (tertiary alicyclic amines) is 1. The molecule has 0 bridgehead atoms. The smallest absolute Gasteiger partial charge is 0.413 e. The minimum Gasteiger partial charge on any atom is -0.426 e. The molecule has 0 unspecified atom stereocenters. The summed E-state index contributed by atoms with van der Waals surface area (Å²) in [5, 5.41) is 9.04. The van der Waals surface area contributed by atoms with Gasteiger partial charge in [-0.15, -0.1) is 0 Å². The first-order valence-corrected chi connectivity index (χ1v) is 7.94. The van der Waals surface area contributed by atoms with Crippen molar-refractivity contribution in [1.82, 2.24) is 9.80 Å². The van der Waals surface area contributed by atoms with Gasteiger partial charge in [-0.2, -0.15) is 5.26 Å². The molecule has 0 aliphatic carbocycles. The molecule has 0 aromatic heterocycles. The third-order valence-corrected chi connectivity index (χ3v) is 3.64. The third-order valence-electron chi connectivity index (χ3n) is 3.64. The topological polar surface area (TPSA) is 99.9 Å². The van der Waals surface area contributed by atoms with E-state index < -0.39 is 42.0 Å². The van der Waals surface area contributed by atoms with Crippen LogP contribution in [0.5, 0.6) is 0 Å². The Bertz CT molecular complexity index is 569. The molecule has 1 aliphatic heterocycles. The molecule has 1 heterocycles. The molecule has 0 saturated carbocycles. The number of amides is 2. The Balaban J connectivity index is 2.83. The maximum atomic E-state index is 13.5. The first kappa shape index (κ1) is 20.7. The van der Waals surface area contributed by atoms with Crippen LogP contribution in [0.3, 0.4) is 0 Å². The number of alkyl halides is 1. The van der Waals surface area contributed by atoms with E-state index in [1.807, 2.05) is 6.07 Å². The largest absolute Gasteiger partial charge is 0.426 e. The van der Waals surface area contributed by atoms with Gasteiger partial charge in [0.15, 0.2) is 0 Å². The number of halogens is 1. The second-order valence-electron chi connectivity index (χ2n) is 6.84. The number of carbonyl (C=O) groups is 3.